The van der Waals surface area contributed by atoms with Crippen molar-refractivity contribution >= 4 is 11.5 Å². The summed E-state index contributed by atoms with van der Waals surface area (Å²) in [4.78, 5) is 7.40. The van der Waals surface area contributed by atoms with E-state index in [1.807, 2.05) is 30.3 Å². The predicted molar refractivity (Wildman–Crippen MR) is 118 cm³/mol. The van der Waals surface area contributed by atoms with Crippen LogP contribution in [0.5, 0.6) is 0 Å². The molecule has 0 bridgehead atoms. The fourth-order valence-electron chi connectivity index (χ4n) is 3.43. The Bertz CT molecular complexity index is 885. The van der Waals surface area contributed by atoms with E-state index in [1.54, 1.807) is 7.11 Å². The number of aliphatic imine (C=N–C) groups is 1. The summed E-state index contributed by atoms with van der Waals surface area (Å²) >= 11 is 0. The second-order valence-electron chi connectivity index (χ2n) is 7.64. The average Bonchev–Trinajstić information content (AvgIpc) is 2.72. The van der Waals surface area contributed by atoms with Crippen LogP contribution in [0.15, 0.2) is 77.8 Å². The van der Waals surface area contributed by atoms with Gasteiger partial charge in [-0.3, -0.25) is 4.99 Å². The van der Waals surface area contributed by atoms with E-state index in [1.165, 1.54) is 12.1 Å². The third-order valence-electron chi connectivity index (χ3n) is 5.11. The highest BCUT2D eigenvalue weighted by Crippen LogP contribution is 2.29. The molecular weight excluding hydrogens is 363 g/mol. The van der Waals surface area contributed by atoms with E-state index in [9.17, 15) is 4.39 Å². The van der Waals surface area contributed by atoms with Crippen LogP contribution in [-0.2, 0) is 4.74 Å². The van der Waals surface area contributed by atoms with Crippen LogP contribution in [-0.4, -0.2) is 36.5 Å². The first-order chi connectivity index (χ1) is 14.0. The van der Waals surface area contributed by atoms with Gasteiger partial charge in [-0.25, -0.2) is 4.39 Å². The van der Waals surface area contributed by atoms with Crippen LogP contribution < -0.4 is 0 Å². The molecule has 1 heterocycles. The second kappa shape index (κ2) is 9.66. The van der Waals surface area contributed by atoms with Crippen LogP contribution in [0, 0.1) is 11.7 Å². The number of hydrogen-bond donors (Lipinski definition) is 0. The van der Waals surface area contributed by atoms with Gasteiger partial charge in [0.05, 0.1) is 24.4 Å². The van der Waals surface area contributed by atoms with Crippen molar-refractivity contribution in [2.45, 2.75) is 32.9 Å². The number of ether oxygens (including phenoxy) is 1. The lowest BCUT2D eigenvalue weighted by Gasteiger charge is -2.36. The lowest BCUT2D eigenvalue weighted by Crippen LogP contribution is -2.39. The molecule has 0 aliphatic carbocycles. The van der Waals surface area contributed by atoms with Gasteiger partial charge in [-0.15, -0.1) is 0 Å². The van der Waals surface area contributed by atoms with Crippen molar-refractivity contribution in [3.05, 3.63) is 89.8 Å². The summed E-state index contributed by atoms with van der Waals surface area (Å²) in [5.41, 5.74) is 3.01. The van der Waals surface area contributed by atoms with E-state index in [-0.39, 0.29) is 17.9 Å². The minimum absolute atomic E-state index is 0.0304. The minimum atomic E-state index is -0.239. The van der Waals surface area contributed by atoms with Crippen molar-refractivity contribution in [1.29, 1.82) is 0 Å². The lowest BCUT2D eigenvalue weighted by molar-refractivity contribution is 0.164. The molecule has 0 amide bonds. The molecule has 2 atom stereocenters. The SMILES string of the molecule is COC[C@@H](N=C(c1ccccc1)N1C(c2ccc(F)cc2)=CC=C[C@H]1C)C(C)C. The molecular formula is C25H29FN2O. The molecule has 0 N–H and O–H groups in total. The number of methoxy groups -OCH3 is 1. The molecule has 3 nitrogen and oxygen atoms in total. The average molecular weight is 393 g/mol. The van der Waals surface area contributed by atoms with E-state index in [2.05, 4.69) is 56.0 Å². The lowest BCUT2D eigenvalue weighted by atomic mass is 10.0. The Labute approximate surface area is 173 Å². The van der Waals surface area contributed by atoms with Crippen LogP contribution in [0.1, 0.15) is 31.9 Å². The van der Waals surface area contributed by atoms with Crippen molar-refractivity contribution in [1.82, 2.24) is 4.90 Å². The molecule has 0 saturated carbocycles. The van der Waals surface area contributed by atoms with Gasteiger partial charge < -0.3 is 9.64 Å². The summed E-state index contributed by atoms with van der Waals surface area (Å²) in [5, 5.41) is 0. The molecule has 0 spiro atoms. The van der Waals surface area contributed by atoms with E-state index < -0.39 is 0 Å². The van der Waals surface area contributed by atoms with Crippen LogP contribution in [0.2, 0.25) is 0 Å². The van der Waals surface area contributed by atoms with Crippen molar-refractivity contribution < 1.29 is 9.13 Å². The number of benzene rings is 2. The number of nitrogens with zero attached hydrogens (tertiary/aromatic N) is 2. The van der Waals surface area contributed by atoms with Gasteiger partial charge in [-0.1, -0.05) is 56.3 Å². The Morgan fingerprint density at radius 3 is 2.41 bits per heavy atom. The minimum Gasteiger partial charge on any atom is -0.382 e. The van der Waals surface area contributed by atoms with Crippen molar-refractivity contribution in [3.63, 3.8) is 0 Å². The van der Waals surface area contributed by atoms with Crippen molar-refractivity contribution in [2.75, 3.05) is 13.7 Å². The first-order valence-electron chi connectivity index (χ1n) is 10.1. The van der Waals surface area contributed by atoms with Crippen molar-refractivity contribution in [3.8, 4) is 0 Å². The molecule has 152 valence electrons. The first kappa shape index (κ1) is 21.0. The van der Waals surface area contributed by atoms with Gasteiger partial charge >= 0.3 is 0 Å². The van der Waals surface area contributed by atoms with Gasteiger partial charge in [0, 0.05) is 12.7 Å². The normalized spacial score (nSPS) is 18.1. The Balaban J connectivity index is 2.13. The quantitative estimate of drug-likeness (QED) is 0.476. The van der Waals surface area contributed by atoms with Gasteiger partial charge in [0.1, 0.15) is 11.7 Å². The van der Waals surface area contributed by atoms with E-state index in [4.69, 9.17) is 9.73 Å². The molecule has 29 heavy (non-hydrogen) atoms. The Hall–Kier alpha value is -2.72. The predicted octanol–water partition coefficient (Wildman–Crippen LogP) is 5.54. The highest BCUT2D eigenvalue weighted by Gasteiger charge is 2.26. The molecule has 0 unspecified atom stereocenters. The largest absolute Gasteiger partial charge is 0.382 e. The fraction of sp³-hybridized carbons (Fsp3) is 0.320. The molecule has 0 saturated heterocycles. The van der Waals surface area contributed by atoms with Crippen molar-refractivity contribution in [2.24, 2.45) is 10.9 Å². The molecule has 1 aliphatic heterocycles. The highest BCUT2D eigenvalue weighted by atomic mass is 19.1. The number of rotatable bonds is 6. The summed E-state index contributed by atoms with van der Waals surface area (Å²) in [5.74, 6) is 0.994. The zero-order chi connectivity index (χ0) is 20.8. The van der Waals surface area contributed by atoms with Crippen LogP contribution in [0.4, 0.5) is 4.39 Å². The van der Waals surface area contributed by atoms with Gasteiger partial charge in [-0.05, 0) is 48.7 Å². The van der Waals surface area contributed by atoms with Gasteiger partial charge in [0.25, 0.3) is 0 Å². The summed E-state index contributed by atoms with van der Waals surface area (Å²) in [6.45, 7) is 7.02. The highest BCUT2D eigenvalue weighted by molar-refractivity contribution is 6.04. The molecule has 3 rings (SSSR count). The smallest absolute Gasteiger partial charge is 0.136 e. The third-order valence-corrected chi connectivity index (χ3v) is 5.11. The van der Waals surface area contributed by atoms with Gasteiger partial charge in [0.15, 0.2) is 0 Å². The second-order valence-corrected chi connectivity index (χ2v) is 7.64. The molecule has 1 aliphatic rings. The maximum absolute atomic E-state index is 13.5. The van der Waals surface area contributed by atoms with E-state index in [0.717, 1.165) is 22.7 Å². The maximum atomic E-state index is 13.5. The third kappa shape index (κ3) is 5.01. The molecule has 2 aromatic carbocycles. The molecule has 4 heteroatoms. The van der Waals surface area contributed by atoms with Crippen LogP contribution in [0.25, 0.3) is 5.70 Å². The topological polar surface area (TPSA) is 24.8 Å². The van der Waals surface area contributed by atoms with Gasteiger partial charge in [-0.2, -0.15) is 0 Å². The van der Waals surface area contributed by atoms with E-state index >= 15 is 0 Å². The molecule has 2 aromatic rings. The summed E-state index contributed by atoms with van der Waals surface area (Å²) in [6, 6.07) is 17.0. The fourth-order valence-corrected chi connectivity index (χ4v) is 3.43. The number of hydrogen-bond acceptors (Lipinski definition) is 2. The summed E-state index contributed by atoms with van der Waals surface area (Å²) in [7, 11) is 1.71. The Kier molecular flexibility index (Phi) is 6.99. The maximum Gasteiger partial charge on any atom is 0.136 e. The molecule has 0 radical (unpaired) electrons. The van der Waals surface area contributed by atoms with Crippen LogP contribution >= 0.6 is 0 Å². The standard InChI is InChI=1S/C25H29FN2O/c1-18(2)23(17-29-4)27-25(21-10-6-5-7-11-21)28-19(3)9-8-12-24(28)20-13-15-22(26)16-14-20/h5-16,18-19,23H,17H2,1-4H3/t19-,23-/m1/s1. The summed E-state index contributed by atoms with van der Waals surface area (Å²) in [6.07, 6.45) is 6.26. The molecule has 0 aromatic heterocycles. The zero-order valence-corrected chi connectivity index (χ0v) is 17.5. The summed E-state index contributed by atoms with van der Waals surface area (Å²) < 4.78 is 19.0. The Morgan fingerprint density at radius 1 is 1.10 bits per heavy atom. The first-order valence-corrected chi connectivity index (χ1v) is 10.1. The van der Waals surface area contributed by atoms with Crippen LogP contribution in [0.3, 0.4) is 0 Å². The monoisotopic (exact) mass is 392 g/mol. The molecule has 0 fully saturated rings. The number of allylic oxidation sites excluding steroid dienone is 2. The number of halogens is 1. The Morgan fingerprint density at radius 2 is 1.79 bits per heavy atom. The van der Waals surface area contributed by atoms with E-state index in [0.29, 0.717) is 12.5 Å². The number of amidine groups is 1. The van der Waals surface area contributed by atoms with Gasteiger partial charge in [0.2, 0.25) is 0 Å². The zero-order valence-electron chi connectivity index (χ0n) is 17.5.